The predicted octanol–water partition coefficient (Wildman–Crippen LogP) is -6.43. The van der Waals surface area contributed by atoms with Crippen LogP contribution in [-0.2, 0) is 35.3 Å². The highest BCUT2D eigenvalue weighted by Gasteiger charge is 2.36. The number of hydrogen-bond donors (Lipinski definition) is 19. The maximum atomic E-state index is 14.2. The number of aliphatic hydroxyl groups is 1. The lowest BCUT2D eigenvalue weighted by Crippen LogP contribution is -2.68. The van der Waals surface area contributed by atoms with Gasteiger partial charge in [-0.2, -0.15) is 0 Å². The lowest BCUT2D eigenvalue weighted by Gasteiger charge is -2.31. The lowest BCUT2D eigenvalue weighted by molar-refractivity contribution is -0.383. The molecule has 0 bridgehead atoms. The monoisotopic (exact) mass is 975 g/mol. The quantitative estimate of drug-likeness (QED) is 0.0114. The minimum absolute atomic E-state index is 0.0501. The largest absolute Gasteiger partial charge is 0.378 e. The third-order valence-corrected chi connectivity index (χ3v) is 9.31. The standard InChI is InChI=1S/C37H49N23O10/c1-58(2)17-10-8-15(9-11-17)14-59(18-12-13-19(60(68)69)22-21(18)56-70-57-22)33(67)32(66)47-20(16-6-4-3-5-7-16)28(62)49-25(53-35(41)42)30(64)51-27(55-37(45)46)31(65)50-26(54-36(43)44)29(63)48-24(23(38)61)52-34(39)40/h3-13,20,24-27,33,67H,14H2,1-2H3,(H2,38,61)(H,47,66)(H,48,63)(H,49,62)(H,50,65)(H,51,64)(H4,39,40,52)(H4,41,42,53)(H4,43,44,54)(H4,45,46,55). The normalized spacial score (nSPS) is 13.2. The third kappa shape index (κ3) is 14.2. The second-order valence-electron chi connectivity index (χ2n) is 14.6. The van der Waals surface area contributed by atoms with Gasteiger partial charge in [0.15, 0.2) is 54.0 Å². The molecule has 4 aromatic rings. The molecule has 6 amide bonds. The summed E-state index contributed by atoms with van der Waals surface area (Å²) in [5.74, 6) is -11.3. The molecule has 0 spiro atoms. The van der Waals surface area contributed by atoms with E-state index in [1.165, 1.54) is 30.3 Å². The minimum atomic E-state index is -2.20. The summed E-state index contributed by atoms with van der Waals surface area (Å²) in [5.41, 5.74) is 27.1. The summed E-state index contributed by atoms with van der Waals surface area (Å²) in [7, 11) is 3.62. The van der Waals surface area contributed by atoms with E-state index in [1.807, 2.05) is 34.9 Å². The number of rotatable bonds is 22. The number of anilines is 2. The average Bonchev–Trinajstić information content (AvgIpc) is 3.78. The van der Waals surface area contributed by atoms with Crippen LogP contribution in [0.25, 0.3) is 11.0 Å². The van der Waals surface area contributed by atoms with Gasteiger partial charge in [-0.25, -0.2) is 4.63 Å². The van der Waals surface area contributed by atoms with E-state index < -0.39 is 107 Å². The highest BCUT2D eigenvalue weighted by Crippen LogP contribution is 2.33. The fourth-order valence-electron chi connectivity index (χ4n) is 6.13. The van der Waals surface area contributed by atoms with Crippen LogP contribution in [0.1, 0.15) is 17.2 Å². The first-order chi connectivity index (χ1) is 33.0. The fraction of sp³-hybridized carbons (Fsp3) is 0.243. The molecule has 0 radical (unpaired) electrons. The van der Waals surface area contributed by atoms with Crippen LogP contribution in [0.15, 0.2) is 71.4 Å². The molecule has 1 heterocycles. The Bertz CT molecular complexity index is 2650. The number of non-ortho nitro benzene ring substituents is 1. The van der Waals surface area contributed by atoms with E-state index in [1.54, 1.807) is 30.3 Å². The zero-order chi connectivity index (χ0) is 52.0. The van der Waals surface area contributed by atoms with Gasteiger partial charge in [-0.3, -0.25) is 60.5 Å². The number of nitrogens with one attached hydrogen (secondary N) is 13. The van der Waals surface area contributed by atoms with Crippen LogP contribution >= 0.6 is 0 Å². The molecular formula is C37H49N23O10. The van der Waals surface area contributed by atoms with E-state index >= 15 is 0 Å². The molecule has 6 unspecified atom stereocenters. The molecule has 1 aromatic heterocycles. The van der Waals surface area contributed by atoms with Crippen molar-refractivity contribution in [2.24, 2.45) is 28.7 Å². The molecule has 4 rings (SSSR count). The van der Waals surface area contributed by atoms with Gasteiger partial charge in [-0.15, -0.1) is 0 Å². The Balaban J connectivity index is 1.65. The SMILES string of the molecule is CN(C)c1ccc(CN(c2ccc([N+](=O)[O-])c3nonc23)C(O)C(=O)NC(C(=O)NC(NC(=N)N)C(=O)NC(NC(=N)N)C(=O)NC(NC(=N)N)C(=O)NC(NC(=N)N)C(N)=O)c2ccccc2)cc1. The number of aromatic nitrogens is 2. The number of nitrogens with zero attached hydrogens (tertiary/aromatic N) is 5. The topological polar surface area (TPSA) is 545 Å². The van der Waals surface area contributed by atoms with Crippen molar-refractivity contribution in [3.63, 3.8) is 0 Å². The van der Waals surface area contributed by atoms with E-state index in [0.29, 0.717) is 5.56 Å². The summed E-state index contributed by atoms with van der Waals surface area (Å²) in [4.78, 5) is 94.7. The summed E-state index contributed by atoms with van der Waals surface area (Å²) in [5, 5.41) is 80.6. The number of nitro groups is 1. The molecule has 0 saturated carbocycles. The number of nitro benzene ring substituents is 1. The Morgan fingerprint density at radius 1 is 0.629 bits per heavy atom. The molecule has 24 N–H and O–H groups in total. The highest BCUT2D eigenvalue weighted by atomic mass is 16.6. The van der Waals surface area contributed by atoms with Crippen molar-refractivity contribution in [1.29, 1.82) is 21.6 Å². The van der Waals surface area contributed by atoms with Crippen LogP contribution in [0.2, 0.25) is 0 Å². The molecule has 33 heteroatoms. The third-order valence-electron chi connectivity index (χ3n) is 9.31. The Morgan fingerprint density at radius 2 is 1.09 bits per heavy atom. The number of benzene rings is 3. The van der Waals surface area contributed by atoms with Crippen LogP contribution in [0.5, 0.6) is 0 Å². The van der Waals surface area contributed by atoms with Crippen molar-refractivity contribution >= 4 is 87.4 Å². The number of hydrogen-bond acceptors (Lipinski definition) is 18. The Labute approximate surface area is 394 Å². The number of fused-ring (bicyclic) bond motifs is 1. The van der Waals surface area contributed by atoms with Crippen LogP contribution in [0, 0.1) is 31.8 Å². The van der Waals surface area contributed by atoms with Gasteiger partial charge in [0.25, 0.3) is 29.5 Å². The zero-order valence-electron chi connectivity index (χ0n) is 36.8. The van der Waals surface area contributed by atoms with Gasteiger partial charge in [0.2, 0.25) is 17.7 Å². The van der Waals surface area contributed by atoms with Crippen molar-refractivity contribution in [2.45, 2.75) is 43.5 Å². The number of carbonyl (C=O) groups is 6. The Hall–Kier alpha value is -10.1. The lowest BCUT2D eigenvalue weighted by atomic mass is 10.1. The first-order valence-corrected chi connectivity index (χ1v) is 19.9. The number of primary amides is 1. The molecule has 0 aliphatic carbocycles. The molecular weight excluding hydrogens is 927 g/mol. The first kappa shape index (κ1) is 52.5. The predicted molar refractivity (Wildman–Crippen MR) is 246 cm³/mol. The number of nitrogens with two attached hydrogens (primary N) is 5. The number of amides is 6. The van der Waals surface area contributed by atoms with Crippen molar-refractivity contribution < 1.29 is 43.4 Å². The number of guanidine groups is 4. The maximum absolute atomic E-state index is 14.2. The summed E-state index contributed by atoms with van der Waals surface area (Å²) >= 11 is 0. The zero-order valence-corrected chi connectivity index (χ0v) is 36.8. The summed E-state index contributed by atoms with van der Waals surface area (Å²) in [6, 6.07) is 14.8. The molecule has 372 valence electrons. The van der Waals surface area contributed by atoms with Gasteiger partial charge in [0.05, 0.1) is 10.6 Å². The van der Waals surface area contributed by atoms with Gasteiger partial charge >= 0.3 is 5.69 Å². The van der Waals surface area contributed by atoms with E-state index in [4.69, 9.17) is 54.9 Å². The van der Waals surface area contributed by atoms with E-state index in [-0.39, 0.29) is 28.8 Å². The molecule has 6 atom stereocenters. The van der Waals surface area contributed by atoms with Crippen molar-refractivity contribution in [1.82, 2.24) is 58.2 Å². The molecule has 0 aliphatic heterocycles. The molecule has 0 saturated heterocycles. The Kier molecular flexibility index (Phi) is 17.6. The van der Waals surface area contributed by atoms with E-state index in [2.05, 4.69) is 42.2 Å². The maximum Gasteiger partial charge on any atom is 0.300 e. The first-order valence-electron chi connectivity index (χ1n) is 19.9. The van der Waals surface area contributed by atoms with Crippen LogP contribution in [0.3, 0.4) is 0 Å². The highest BCUT2D eigenvalue weighted by molar-refractivity contribution is 6.00. The van der Waals surface area contributed by atoms with Gasteiger partial charge < -0.3 is 91.4 Å². The second kappa shape index (κ2) is 23.4. The van der Waals surface area contributed by atoms with Crippen LogP contribution in [-0.4, -0.2) is 125 Å². The molecule has 0 aliphatic rings. The van der Waals surface area contributed by atoms with E-state index in [9.17, 15) is 44.0 Å². The smallest absolute Gasteiger partial charge is 0.300 e. The van der Waals surface area contributed by atoms with E-state index in [0.717, 1.165) is 16.7 Å². The van der Waals surface area contributed by atoms with Gasteiger partial charge in [-0.05, 0) is 39.6 Å². The minimum Gasteiger partial charge on any atom is -0.378 e. The van der Waals surface area contributed by atoms with Crippen LogP contribution < -0.4 is 86.3 Å². The van der Waals surface area contributed by atoms with Gasteiger partial charge in [0.1, 0.15) is 6.04 Å². The molecule has 0 fully saturated rings. The summed E-state index contributed by atoms with van der Waals surface area (Å²) in [6.07, 6.45) is -10.3. The number of carbonyl (C=O) groups excluding carboxylic acids is 6. The average molecular weight is 976 g/mol. The second-order valence-corrected chi connectivity index (χ2v) is 14.6. The molecule has 70 heavy (non-hydrogen) atoms. The van der Waals surface area contributed by atoms with Gasteiger partial charge in [0, 0.05) is 32.4 Å². The van der Waals surface area contributed by atoms with Gasteiger partial charge in [-0.1, -0.05) is 42.5 Å². The molecule has 33 nitrogen and oxygen atoms in total. The number of aliphatic hydroxyl groups excluding tert-OH is 1. The van der Waals surface area contributed by atoms with Crippen molar-refractivity contribution in [3.05, 3.63) is 88.0 Å². The van der Waals surface area contributed by atoms with Crippen LogP contribution in [0.4, 0.5) is 17.1 Å². The van der Waals surface area contributed by atoms with Crippen molar-refractivity contribution in [2.75, 3.05) is 23.9 Å². The molecule has 3 aromatic carbocycles. The summed E-state index contributed by atoms with van der Waals surface area (Å²) < 4.78 is 4.81. The Morgan fingerprint density at radius 3 is 1.54 bits per heavy atom. The summed E-state index contributed by atoms with van der Waals surface area (Å²) in [6.45, 7) is -0.237. The van der Waals surface area contributed by atoms with Crippen molar-refractivity contribution in [3.8, 4) is 0 Å². The fourth-order valence-corrected chi connectivity index (χ4v) is 6.13.